The lowest BCUT2D eigenvalue weighted by Gasteiger charge is -2.33. The molecule has 4 N–H and O–H groups in total. The zero-order chi connectivity index (χ0) is 21.1. The fourth-order valence-electron chi connectivity index (χ4n) is 3.79. The lowest BCUT2D eigenvalue weighted by Crippen LogP contribution is -2.43. The molecule has 0 spiro atoms. The third-order valence-electron chi connectivity index (χ3n) is 5.55. The molecular weight excluding hydrogens is 442 g/mol. The van der Waals surface area contributed by atoms with E-state index in [2.05, 4.69) is 55.2 Å². The molecular formula is C23H28BrN5O. The summed E-state index contributed by atoms with van der Waals surface area (Å²) in [6, 6.07) is 10.4. The first kappa shape index (κ1) is 20.9. The number of hydrogen-bond donors (Lipinski definition) is 3. The first-order valence-electron chi connectivity index (χ1n) is 10.5. The Kier molecular flexibility index (Phi) is 6.39. The number of aryl methyl sites for hydroxylation is 1. The molecule has 1 amide bonds. The fourth-order valence-corrected chi connectivity index (χ4v) is 4.34. The number of carbonyl (C=O) groups excluding carboxylic acids is 1. The van der Waals surface area contributed by atoms with Crippen molar-refractivity contribution in [3.63, 3.8) is 0 Å². The molecule has 2 fully saturated rings. The van der Waals surface area contributed by atoms with Crippen LogP contribution >= 0.6 is 15.9 Å². The van der Waals surface area contributed by atoms with Crippen LogP contribution in [0.5, 0.6) is 0 Å². The van der Waals surface area contributed by atoms with Crippen LogP contribution in [0.25, 0.3) is 11.0 Å². The number of benzene rings is 1. The van der Waals surface area contributed by atoms with Crippen molar-refractivity contribution in [3.05, 3.63) is 52.8 Å². The minimum atomic E-state index is 0.104. The molecule has 6 nitrogen and oxygen atoms in total. The number of nitrogens with one attached hydrogen (secondary N) is 2. The predicted octanol–water partition coefficient (Wildman–Crippen LogP) is 4.60. The molecule has 1 aromatic carbocycles. The van der Waals surface area contributed by atoms with E-state index in [1.165, 1.54) is 5.56 Å². The number of piperidine rings is 1. The minimum Gasteiger partial charge on any atom is -0.368 e. The highest BCUT2D eigenvalue weighted by molar-refractivity contribution is 9.10. The Morgan fingerprint density at radius 1 is 1.27 bits per heavy atom. The van der Waals surface area contributed by atoms with E-state index in [-0.39, 0.29) is 17.9 Å². The van der Waals surface area contributed by atoms with Crippen molar-refractivity contribution in [3.8, 4) is 0 Å². The monoisotopic (exact) mass is 469 g/mol. The molecule has 7 heteroatoms. The highest BCUT2D eigenvalue weighted by Gasteiger charge is 2.31. The van der Waals surface area contributed by atoms with E-state index >= 15 is 0 Å². The molecule has 2 aromatic heterocycles. The summed E-state index contributed by atoms with van der Waals surface area (Å²) in [5, 5.41) is 4.02. The van der Waals surface area contributed by atoms with E-state index in [1.807, 2.05) is 24.4 Å². The van der Waals surface area contributed by atoms with Crippen LogP contribution in [0.15, 0.2) is 47.2 Å². The highest BCUT2D eigenvalue weighted by Crippen LogP contribution is 2.39. The normalized spacial score (nSPS) is 18.6. The van der Waals surface area contributed by atoms with Crippen LogP contribution in [0.3, 0.4) is 0 Å². The second-order valence-corrected chi connectivity index (χ2v) is 9.00. The van der Waals surface area contributed by atoms with Gasteiger partial charge in [-0.1, -0.05) is 35.9 Å². The average Bonchev–Trinajstić information content (AvgIpc) is 3.52. The second kappa shape index (κ2) is 9.18. The number of anilines is 2. The molecule has 3 heterocycles. The van der Waals surface area contributed by atoms with Crippen LogP contribution < -0.4 is 16.0 Å². The van der Waals surface area contributed by atoms with Crippen molar-refractivity contribution in [2.45, 2.75) is 38.6 Å². The first-order chi connectivity index (χ1) is 14.5. The molecule has 1 atom stereocenters. The number of nitrogens with two attached hydrogens (primary N) is 1. The SMILES string of the molecule is Cc1ccccc1.N[C@@H]1CCCN(c2c(Br)cnc3[nH]cc(NC(=O)C4CC4)c23)C1. The van der Waals surface area contributed by atoms with E-state index in [0.717, 1.165) is 65.7 Å². The number of hydrogen-bond acceptors (Lipinski definition) is 4. The molecule has 0 radical (unpaired) electrons. The summed E-state index contributed by atoms with van der Waals surface area (Å²) < 4.78 is 0.931. The summed E-state index contributed by atoms with van der Waals surface area (Å²) in [6.45, 7) is 3.87. The lowest BCUT2D eigenvalue weighted by molar-refractivity contribution is -0.117. The van der Waals surface area contributed by atoms with E-state index in [4.69, 9.17) is 5.73 Å². The number of aromatic amines is 1. The fraction of sp³-hybridized carbons (Fsp3) is 0.391. The van der Waals surface area contributed by atoms with Gasteiger partial charge in [0.1, 0.15) is 5.65 Å². The summed E-state index contributed by atoms with van der Waals surface area (Å²) in [5.41, 5.74) is 10.1. The quantitative estimate of drug-likeness (QED) is 0.523. The summed E-state index contributed by atoms with van der Waals surface area (Å²) in [6.07, 6.45) is 7.75. The van der Waals surface area contributed by atoms with Crippen LogP contribution in [0.1, 0.15) is 31.2 Å². The Morgan fingerprint density at radius 2 is 2.03 bits per heavy atom. The molecule has 2 aliphatic rings. The summed E-state index contributed by atoms with van der Waals surface area (Å²) in [5.74, 6) is 0.277. The van der Waals surface area contributed by atoms with Gasteiger partial charge in [-0.25, -0.2) is 4.98 Å². The van der Waals surface area contributed by atoms with Crippen molar-refractivity contribution in [1.82, 2.24) is 9.97 Å². The van der Waals surface area contributed by atoms with Gasteiger partial charge in [-0.2, -0.15) is 0 Å². The van der Waals surface area contributed by atoms with Gasteiger partial charge in [-0.15, -0.1) is 0 Å². The van der Waals surface area contributed by atoms with Crippen molar-refractivity contribution in [2.75, 3.05) is 23.3 Å². The molecule has 0 bridgehead atoms. The van der Waals surface area contributed by atoms with E-state index in [0.29, 0.717) is 0 Å². The number of fused-ring (bicyclic) bond motifs is 1. The van der Waals surface area contributed by atoms with Gasteiger partial charge in [0.2, 0.25) is 5.91 Å². The third kappa shape index (κ3) is 4.84. The summed E-state index contributed by atoms with van der Waals surface area (Å²) >= 11 is 3.63. The van der Waals surface area contributed by atoms with Gasteiger partial charge in [0.15, 0.2) is 0 Å². The number of nitrogens with zero attached hydrogens (tertiary/aromatic N) is 2. The Bertz CT molecular complexity index is 1020. The van der Waals surface area contributed by atoms with E-state index in [1.54, 1.807) is 6.20 Å². The van der Waals surface area contributed by atoms with Gasteiger partial charge < -0.3 is 20.9 Å². The molecule has 1 saturated carbocycles. The maximum absolute atomic E-state index is 12.2. The molecule has 158 valence electrons. The van der Waals surface area contributed by atoms with Gasteiger partial charge in [-0.3, -0.25) is 4.79 Å². The molecule has 1 aliphatic heterocycles. The molecule has 5 rings (SSSR count). The number of halogens is 1. The van der Waals surface area contributed by atoms with Crippen LogP contribution in [0.2, 0.25) is 0 Å². The smallest absolute Gasteiger partial charge is 0.227 e. The van der Waals surface area contributed by atoms with Gasteiger partial charge in [0.05, 0.1) is 21.2 Å². The molecule has 1 saturated heterocycles. The Morgan fingerprint density at radius 3 is 2.67 bits per heavy atom. The van der Waals surface area contributed by atoms with Gasteiger partial charge in [0, 0.05) is 37.4 Å². The topological polar surface area (TPSA) is 87.0 Å². The maximum atomic E-state index is 12.2. The van der Waals surface area contributed by atoms with Crippen molar-refractivity contribution >= 4 is 44.2 Å². The van der Waals surface area contributed by atoms with Crippen LogP contribution in [-0.2, 0) is 4.79 Å². The van der Waals surface area contributed by atoms with E-state index in [9.17, 15) is 4.79 Å². The van der Waals surface area contributed by atoms with Crippen LogP contribution in [0.4, 0.5) is 11.4 Å². The van der Waals surface area contributed by atoms with Crippen LogP contribution in [0, 0.1) is 12.8 Å². The van der Waals surface area contributed by atoms with E-state index < -0.39 is 0 Å². The molecule has 0 unspecified atom stereocenters. The predicted molar refractivity (Wildman–Crippen MR) is 126 cm³/mol. The van der Waals surface area contributed by atoms with Gasteiger partial charge in [-0.05, 0) is 48.5 Å². The van der Waals surface area contributed by atoms with Crippen molar-refractivity contribution in [1.29, 1.82) is 0 Å². The Hall–Kier alpha value is -2.38. The molecule has 30 heavy (non-hydrogen) atoms. The number of aromatic nitrogens is 2. The Labute approximate surface area is 185 Å². The van der Waals surface area contributed by atoms with Crippen LogP contribution in [-0.4, -0.2) is 35.0 Å². The largest absolute Gasteiger partial charge is 0.368 e. The van der Waals surface area contributed by atoms with Crippen molar-refractivity contribution < 1.29 is 4.79 Å². The number of H-pyrrole nitrogens is 1. The molecule has 3 aromatic rings. The maximum Gasteiger partial charge on any atom is 0.227 e. The Balaban J connectivity index is 0.000000265. The van der Waals surface area contributed by atoms with Crippen molar-refractivity contribution in [2.24, 2.45) is 11.7 Å². The minimum absolute atomic E-state index is 0.104. The number of carbonyl (C=O) groups is 1. The zero-order valence-corrected chi connectivity index (χ0v) is 18.8. The number of rotatable bonds is 3. The first-order valence-corrected chi connectivity index (χ1v) is 11.3. The second-order valence-electron chi connectivity index (χ2n) is 8.15. The number of amides is 1. The van der Waals surface area contributed by atoms with Gasteiger partial charge in [0.25, 0.3) is 0 Å². The number of pyridine rings is 1. The highest BCUT2D eigenvalue weighted by atomic mass is 79.9. The zero-order valence-electron chi connectivity index (χ0n) is 17.2. The summed E-state index contributed by atoms with van der Waals surface area (Å²) in [4.78, 5) is 22.0. The summed E-state index contributed by atoms with van der Waals surface area (Å²) in [7, 11) is 0. The third-order valence-corrected chi connectivity index (χ3v) is 6.13. The standard InChI is InChI=1S/C16H20BrN5O.C7H8/c17-11-6-19-15-13(14(11)22-5-1-2-10(18)8-22)12(7-20-15)21-16(23)9-3-4-9;1-7-5-3-2-4-6-7/h6-7,9-10H,1-5,8,18H2,(H,19,20)(H,21,23);2-6H,1H3/t10-;/m1./s1. The lowest BCUT2D eigenvalue weighted by atomic mass is 10.1. The molecule has 1 aliphatic carbocycles. The average molecular weight is 470 g/mol. The van der Waals surface area contributed by atoms with Gasteiger partial charge >= 0.3 is 0 Å².